The monoisotopic (exact) mass is 470 g/mol. The van der Waals surface area contributed by atoms with Crippen LogP contribution in [0.2, 0.25) is 0 Å². The lowest BCUT2D eigenvalue weighted by Crippen LogP contribution is -2.37. The molecule has 2 atom stereocenters. The van der Waals surface area contributed by atoms with Gasteiger partial charge in [-0.15, -0.1) is 0 Å². The molecule has 1 aliphatic heterocycles. The molecule has 4 rings (SSSR count). The Kier molecular flexibility index (Phi) is 5.59. The molecule has 1 aromatic heterocycles. The molecule has 1 aliphatic carbocycles. The number of halogens is 4. The van der Waals surface area contributed by atoms with Crippen molar-refractivity contribution in [1.29, 1.82) is 0 Å². The molecule has 1 amide bonds. The highest BCUT2D eigenvalue weighted by molar-refractivity contribution is 9.10. The van der Waals surface area contributed by atoms with Gasteiger partial charge in [0.2, 0.25) is 0 Å². The molecule has 0 spiro atoms. The second kappa shape index (κ2) is 8.01. The number of hydrogen-bond donors (Lipinski definition) is 2. The van der Waals surface area contributed by atoms with Crippen LogP contribution >= 0.6 is 15.9 Å². The summed E-state index contributed by atoms with van der Waals surface area (Å²) in [4.78, 5) is 12.7. The van der Waals surface area contributed by atoms with Gasteiger partial charge in [-0.3, -0.25) is 4.79 Å². The standard InChI is InChI=1S/C20H22BrF3N4O/c21-16-17(19(29)25-13-9-5-2-6-10-13)27-28-15(20(22,23)24)11-14(26-18(16)28)12-7-3-1-4-8-12/h1,3-4,7-8,13-15,26H,2,5-6,9-11H2,(H,25,29)/t14-,15-/m1/s1. The van der Waals surface area contributed by atoms with E-state index in [4.69, 9.17) is 0 Å². The molecule has 5 nitrogen and oxygen atoms in total. The number of rotatable bonds is 3. The summed E-state index contributed by atoms with van der Waals surface area (Å²) in [5.74, 6) is -0.258. The van der Waals surface area contributed by atoms with E-state index in [1.807, 2.05) is 6.07 Å². The lowest BCUT2D eigenvalue weighted by Gasteiger charge is -2.33. The summed E-state index contributed by atoms with van der Waals surface area (Å²) in [6.45, 7) is 0. The van der Waals surface area contributed by atoms with Crippen LogP contribution in [0.4, 0.5) is 19.0 Å². The molecular weight excluding hydrogens is 449 g/mol. The Labute approximate surface area is 175 Å². The number of hydrogen-bond acceptors (Lipinski definition) is 3. The zero-order valence-corrected chi connectivity index (χ0v) is 17.3. The van der Waals surface area contributed by atoms with Crippen LogP contribution in [0.3, 0.4) is 0 Å². The van der Waals surface area contributed by atoms with E-state index in [-0.39, 0.29) is 28.4 Å². The van der Waals surface area contributed by atoms with Crippen LogP contribution in [-0.2, 0) is 0 Å². The van der Waals surface area contributed by atoms with Gasteiger partial charge in [0.15, 0.2) is 11.7 Å². The highest BCUT2D eigenvalue weighted by atomic mass is 79.9. The second-order valence-electron chi connectivity index (χ2n) is 7.66. The lowest BCUT2D eigenvalue weighted by atomic mass is 9.95. The fourth-order valence-electron chi connectivity index (χ4n) is 4.14. The fraction of sp³-hybridized carbons (Fsp3) is 0.500. The zero-order valence-electron chi connectivity index (χ0n) is 15.7. The largest absolute Gasteiger partial charge is 0.410 e. The topological polar surface area (TPSA) is 59.0 Å². The lowest BCUT2D eigenvalue weighted by molar-refractivity contribution is -0.173. The molecule has 1 fully saturated rings. The molecule has 9 heteroatoms. The fourth-order valence-corrected chi connectivity index (χ4v) is 4.69. The number of benzene rings is 1. The predicted octanol–water partition coefficient (Wildman–Crippen LogP) is 5.37. The Balaban J connectivity index is 1.65. The van der Waals surface area contributed by atoms with Gasteiger partial charge in [-0.2, -0.15) is 18.3 Å². The molecule has 1 saturated carbocycles. The van der Waals surface area contributed by atoms with Gasteiger partial charge in [0.25, 0.3) is 5.91 Å². The molecule has 156 valence electrons. The normalized spacial score (nSPS) is 22.6. The van der Waals surface area contributed by atoms with E-state index in [2.05, 4.69) is 31.7 Å². The van der Waals surface area contributed by atoms with Crippen LogP contribution in [0.25, 0.3) is 0 Å². The van der Waals surface area contributed by atoms with E-state index >= 15 is 0 Å². The number of fused-ring (bicyclic) bond motifs is 1. The first kappa shape index (κ1) is 20.3. The third kappa shape index (κ3) is 4.15. The van der Waals surface area contributed by atoms with Crippen molar-refractivity contribution in [2.75, 3.05) is 5.32 Å². The zero-order chi connectivity index (χ0) is 20.6. The average molecular weight is 471 g/mol. The van der Waals surface area contributed by atoms with Crippen molar-refractivity contribution in [1.82, 2.24) is 15.1 Å². The molecular formula is C20H22BrF3N4O. The van der Waals surface area contributed by atoms with E-state index in [0.717, 1.165) is 42.3 Å². The SMILES string of the molecule is O=C(NC1CCCCC1)c1nn2c(c1Br)N[C@@H](c1ccccc1)C[C@@H]2C(F)(F)F. The highest BCUT2D eigenvalue weighted by Crippen LogP contribution is 2.46. The number of alkyl halides is 3. The van der Waals surface area contributed by atoms with Gasteiger partial charge in [0, 0.05) is 12.5 Å². The number of aromatic nitrogens is 2. The van der Waals surface area contributed by atoms with Gasteiger partial charge in [-0.25, -0.2) is 4.68 Å². The Morgan fingerprint density at radius 1 is 1.17 bits per heavy atom. The number of anilines is 1. The van der Waals surface area contributed by atoms with E-state index in [9.17, 15) is 18.0 Å². The molecule has 29 heavy (non-hydrogen) atoms. The first-order valence-electron chi connectivity index (χ1n) is 9.81. The van der Waals surface area contributed by atoms with Crippen molar-refractivity contribution in [3.8, 4) is 0 Å². The van der Waals surface area contributed by atoms with Gasteiger partial charge in [0.1, 0.15) is 5.82 Å². The van der Waals surface area contributed by atoms with Crippen molar-refractivity contribution in [3.05, 3.63) is 46.1 Å². The first-order valence-corrected chi connectivity index (χ1v) is 10.6. The van der Waals surface area contributed by atoms with Crippen molar-refractivity contribution in [2.45, 2.75) is 62.8 Å². The van der Waals surface area contributed by atoms with Crippen molar-refractivity contribution < 1.29 is 18.0 Å². The third-order valence-corrected chi connectivity index (χ3v) is 6.40. The van der Waals surface area contributed by atoms with Crippen LogP contribution in [0.15, 0.2) is 34.8 Å². The number of carbonyl (C=O) groups excluding carboxylic acids is 1. The molecule has 2 heterocycles. The summed E-state index contributed by atoms with van der Waals surface area (Å²) in [7, 11) is 0. The molecule has 0 bridgehead atoms. The number of carbonyl (C=O) groups is 1. The summed E-state index contributed by atoms with van der Waals surface area (Å²) in [5.41, 5.74) is 0.746. The van der Waals surface area contributed by atoms with Crippen LogP contribution < -0.4 is 10.6 Å². The molecule has 0 radical (unpaired) electrons. The van der Waals surface area contributed by atoms with E-state index in [1.54, 1.807) is 24.3 Å². The first-order chi connectivity index (χ1) is 13.8. The highest BCUT2D eigenvalue weighted by Gasteiger charge is 2.47. The van der Waals surface area contributed by atoms with Gasteiger partial charge < -0.3 is 10.6 Å². The number of nitrogens with zero attached hydrogens (tertiary/aromatic N) is 2. The maximum Gasteiger partial charge on any atom is 0.410 e. The minimum absolute atomic E-state index is 0.0129. The van der Waals surface area contributed by atoms with E-state index < -0.39 is 24.2 Å². The van der Waals surface area contributed by atoms with Crippen LogP contribution in [0, 0.1) is 0 Å². The number of nitrogens with one attached hydrogen (secondary N) is 2. The molecule has 2 N–H and O–H groups in total. The van der Waals surface area contributed by atoms with Crippen LogP contribution in [0.5, 0.6) is 0 Å². The molecule has 1 aromatic carbocycles. The summed E-state index contributed by atoms with van der Waals surface area (Å²) < 4.78 is 42.6. The van der Waals surface area contributed by atoms with E-state index in [0.29, 0.717) is 0 Å². The molecule has 0 saturated heterocycles. The summed E-state index contributed by atoms with van der Waals surface area (Å²) in [6.07, 6.45) is 0.328. The Bertz CT molecular complexity index is 878. The van der Waals surface area contributed by atoms with Gasteiger partial charge in [-0.1, -0.05) is 49.6 Å². The maximum absolute atomic E-state index is 13.8. The maximum atomic E-state index is 13.8. The van der Waals surface area contributed by atoms with Crippen LogP contribution in [0.1, 0.15) is 66.7 Å². The quantitative estimate of drug-likeness (QED) is 0.633. The third-order valence-electron chi connectivity index (χ3n) is 5.65. The summed E-state index contributed by atoms with van der Waals surface area (Å²) >= 11 is 3.32. The van der Waals surface area contributed by atoms with Gasteiger partial charge in [0.05, 0.1) is 10.5 Å². The molecule has 2 aliphatic rings. The van der Waals surface area contributed by atoms with E-state index in [1.165, 1.54) is 0 Å². The van der Waals surface area contributed by atoms with Crippen molar-refractivity contribution >= 4 is 27.7 Å². The Morgan fingerprint density at radius 2 is 1.86 bits per heavy atom. The number of amides is 1. The Morgan fingerprint density at radius 3 is 2.52 bits per heavy atom. The minimum atomic E-state index is -4.48. The van der Waals surface area contributed by atoms with Crippen molar-refractivity contribution in [2.24, 2.45) is 0 Å². The summed E-state index contributed by atoms with van der Waals surface area (Å²) in [5, 5.41) is 10.1. The Hall–Kier alpha value is -2.03. The van der Waals surface area contributed by atoms with Gasteiger partial charge in [-0.05, 0) is 34.3 Å². The van der Waals surface area contributed by atoms with Crippen LogP contribution in [-0.4, -0.2) is 27.9 Å². The van der Waals surface area contributed by atoms with Crippen molar-refractivity contribution in [3.63, 3.8) is 0 Å². The minimum Gasteiger partial charge on any atom is -0.362 e. The summed E-state index contributed by atoms with van der Waals surface area (Å²) in [6, 6.07) is 6.71. The molecule has 2 aromatic rings. The average Bonchev–Trinajstić information content (AvgIpc) is 3.05. The smallest absolute Gasteiger partial charge is 0.362 e. The van der Waals surface area contributed by atoms with Gasteiger partial charge >= 0.3 is 6.18 Å². The predicted molar refractivity (Wildman–Crippen MR) is 107 cm³/mol. The second-order valence-corrected chi connectivity index (χ2v) is 8.46. The molecule has 0 unspecified atom stereocenters.